The van der Waals surface area contributed by atoms with E-state index in [0.29, 0.717) is 13.2 Å². The van der Waals surface area contributed by atoms with Crippen molar-refractivity contribution >= 4 is 5.97 Å². The summed E-state index contributed by atoms with van der Waals surface area (Å²) in [5.41, 5.74) is -0.170. The van der Waals surface area contributed by atoms with E-state index in [2.05, 4.69) is 0 Å². The number of carboxylic acids is 1. The van der Waals surface area contributed by atoms with E-state index >= 15 is 0 Å². The van der Waals surface area contributed by atoms with Gasteiger partial charge in [0.15, 0.2) is 0 Å². The minimum atomic E-state index is -0.792. The second-order valence-electron chi connectivity index (χ2n) is 5.43. The van der Waals surface area contributed by atoms with Crippen LogP contribution < -0.4 is 0 Å². The van der Waals surface area contributed by atoms with Gasteiger partial charge < -0.3 is 14.7 Å². The van der Waals surface area contributed by atoms with Crippen LogP contribution >= 0.6 is 0 Å². The first kappa shape index (κ1) is 16.4. The zero-order valence-corrected chi connectivity index (χ0v) is 11.7. The summed E-state index contributed by atoms with van der Waals surface area (Å²) in [5, 5.41) is 8.81. The largest absolute Gasteiger partial charge is 0.480 e. The van der Waals surface area contributed by atoms with Crippen molar-refractivity contribution < 1.29 is 14.6 Å². The van der Waals surface area contributed by atoms with Gasteiger partial charge in [-0.15, -0.1) is 0 Å². The molecule has 0 rings (SSSR count). The summed E-state index contributed by atoms with van der Waals surface area (Å²) in [7, 11) is 3.95. The Balaban J connectivity index is 3.97. The summed E-state index contributed by atoms with van der Waals surface area (Å²) in [6.07, 6.45) is 0. The first-order valence-electron chi connectivity index (χ1n) is 5.93. The van der Waals surface area contributed by atoms with E-state index in [1.54, 1.807) is 0 Å². The predicted octanol–water partition coefficient (Wildman–Crippen LogP) is 0.750. The monoisotopic (exact) mass is 246 g/mol. The molecular formula is C12H26N2O3. The quantitative estimate of drug-likeness (QED) is 0.685. The van der Waals surface area contributed by atoms with Crippen LogP contribution in [0.4, 0.5) is 0 Å². The maximum absolute atomic E-state index is 10.7. The molecule has 17 heavy (non-hydrogen) atoms. The van der Waals surface area contributed by atoms with Gasteiger partial charge in [-0.1, -0.05) is 0 Å². The molecule has 0 aromatic rings. The molecule has 0 aromatic heterocycles. The maximum Gasteiger partial charge on any atom is 0.317 e. The number of carboxylic acid groups (broad SMARTS) is 1. The second-order valence-corrected chi connectivity index (χ2v) is 5.43. The first-order chi connectivity index (χ1) is 7.70. The van der Waals surface area contributed by atoms with Crippen molar-refractivity contribution in [2.24, 2.45) is 0 Å². The highest BCUT2D eigenvalue weighted by molar-refractivity contribution is 5.69. The maximum atomic E-state index is 10.7. The molecule has 0 amide bonds. The summed E-state index contributed by atoms with van der Waals surface area (Å²) in [6, 6.07) is 0. The van der Waals surface area contributed by atoms with Crippen LogP contribution in [-0.2, 0) is 9.53 Å². The van der Waals surface area contributed by atoms with Crippen LogP contribution in [0.15, 0.2) is 0 Å². The van der Waals surface area contributed by atoms with Gasteiger partial charge in [0, 0.05) is 19.6 Å². The highest BCUT2D eigenvalue weighted by Gasteiger charge is 2.13. The minimum Gasteiger partial charge on any atom is -0.480 e. The number of likely N-dealkylation sites (N-methyl/N-ethyl adjacent to an activating group) is 1. The molecule has 0 aliphatic rings. The summed E-state index contributed by atoms with van der Waals surface area (Å²) in [6.45, 7) is 8.86. The third-order valence-electron chi connectivity index (χ3n) is 2.16. The van der Waals surface area contributed by atoms with Crippen LogP contribution in [0, 0.1) is 0 Å². The van der Waals surface area contributed by atoms with Crippen LogP contribution in [0.3, 0.4) is 0 Å². The molecule has 0 bridgehead atoms. The Bertz CT molecular complexity index is 224. The Morgan fingerprint density at radius 1 is 1.18 bits per heavy atom. The fraction of sp³-hybridized carbons (Fsp3) is 0.917. The highest BCUT2D eigenvalue weighted by Crippen LogP contribution is 2.06. The smallest absolute Gasteiger partial charge is 0.317 e. The van der Waals surface area contributed by atoms with Crippen molar-refractivity contribution in [3.05, 3.63) is 0 Å². The van der Waals surface area contributed by atoms with Crippen molar-refractivity contribution in [2.45, 2.75) is 26.4 Å². The average molecular weight is 246 g/mol. The number of ether oxygens (including phenoxy) is 1. The van der Waals surface area contributed by atoms with Crippen LogP contribution in [0.2, 0.25) is 0 Å². The first-order valence-corrected chi connectivity index (χ1v) is 5.93. The molecule has 0 aliphatic carbocycles. The van der Waals surface area contributed by atoms with Gasteiger partial charge in [-0.05, 0) is 34.9 Å². The molecule has 0 saturated carbocycles. The van der Waals surface area contributed by atoms with E-state index in [-0.39, 0.29) is 12.1 Å². The molecule has 0 spiro atoms. The zero-order valence-electron chi connectivity index (χ0n) is 11.7. The molecule has 5 nitrogen and oxygen atoms in total. The Labute approximate surface area is 104 Å². The van der Waals surface area contributed by atoms with Gasteiger partial charge in [-0.3, -0.25) is 9.69 Å². The van der Waals surface area contributed by atoms with Gasteiger partial charge in [0.25, 0.3) is 0 Å². The van der Waals surface area contributed by atoms with Crippen LogP contribution in [0.5, 0.6) is 0 Å². The molecule has 102 valence electrons. The van der Waals surface area contributed by atoms with E-state index in [4.69, 9.17) is 9.84 Å². The van der Waals surface area contributed by atoms with Gasteiger partial charge >= 0.3 is 5.97 Å². The number of rotatable bonds is 8. The topological polar surface area (TPSA) is 53.0 Å². The SMILES string of the molecule is CN(C)CCN(CCOC(C)(C)C)CC(=O)O. The fourth-order valence-electron chi connectivity index (χ4n) is 1.28. The normalized spacial score (nSPS) is 12.4. The van der Waals surface area contributed by atoms with E-state index in [1.807, 2.05) is 44.7 Å². The minimum absolute atomic E-state index is 0.0708. The fourth-order valence-corrected chi connectivity index (χ4v) is 1.28. The molecule has 0 atom stereocenters. The van der Waals surface area contributed by atoms with Crippen LogP contribution in [-0.4, -0.2) is 73.4 Å². The Morgan fingerprint density at radius 2 is 1.76 bits per heavy atom. The average Bonchev–Trinajstić information content (AvgIpc) is 2.10. The van der Waals surface area contributed by atoms with E-state index in [0.717, 1.165) is 13.1 Å². The lowest BCUT2D eigenvalue weighted by molar-refractivity contribution is -0.138. The third kappa shape index (κ3) is 11.6. The van der Waals surface area contributed by atoms with Gasteiger partial charge in [-0.25, -0.2) is 0 Å². The van der Waals surface area contributed by atoms with Gasteiger partial charge in [-0.2, -0.15) is 0 Å². The second kappa shape index (κ2) is 7.63. The molecule has 0 saturated heterocycles. The van der Waals surface area contributed by atoms with Crippen molar-refractivity contribution in [3.63, 3.8) is 0 Å². The molecule has 1 N–H and O–H groups in total. The lowest BCUT2D eigenvalue weighted by Crippen LogP contribution is -2.38. The van der Waals surface area contributed by atoms with E-state index < -0.39 is 5.97 Å². The molecule has 0 unspecified atom stereocenters. The number of hydrogen-bond donors (Lipinski definition) is 1. The summed E-state index contributed by atoms with van der Waals surface area (Å²) in [4.78, 5) is 14.7. The lowest BCUT2D eigenvalue weighted by Gasteiger charge is -2.25. The van der Waals surface area contributed by atoms with Crippen molar-refractivity contribution in [1.29, 1.82) is 0 Å². The summed E-state index contributed by atoms with van der Waals surface area (Å²) < 4.78 is 5.60. The number of aliphatic carboxylic acids is 1. The lowest BCUT2D eigenvalue weighted by atomic mass is 10.2. The van der Waals surface area contributed by atoms with Gasteiger partial charge in [0.2, 0.25) is 0 Å². The summed E-state index contributed by atoms with van der Waals surface area (Å²) >= 11 is 0. The molecule has 0 heterocycles. The number of carbonyl (C=O) groups is 1. The number of hydrogen-bond acceptors (Lipinski definition) is 4. The van der Waals surface area contributed by atoms with Crippen LogP contribution in [0.1, 0.15) is 20.8 Å². The van der Waals surface area contributed by atoms with Crippen molar-refractivity contribution in [3.8, 4) is 0 Å². The summed E-state index contributed by atoms with van der Waals surface area (Å²) in [5.74, 6) is -0.792. The van der Waals surface area contributed by atoms with Crippen LogP contribution in [0.25, 0.3) is 0 Å². The van der Waals surface area contributed by atoms with Crippen molar-refractivity contribution in [1.82, 2.24) is 9.80 Å². The molecule has 0 aliphatic heterocycles. The molecule has 0 fully saturated rings. The van der Waals surface area contributed by atoms with Gasteiger partial charge in [0.1, 0.15) is 0 Å². The number of nitrogens with zero attached hydrogens (tertiary/aromatic N) is 2. The molecular weight excluding hydrogens is 220 g/mol. The Morgan fingerprint density at radius 3 is 2.18 bits per heavy atom. The van der Waals surface area contributed by atoms with E-state index in [1.165, 1.54) is 0 Å². The molecule has 0 radical (unpaired) electrons. The Kier molecular flexibility index (Phi) is 7.34. The molecule has 5 heteroatoms. The van der Waals surface area contributed by atoms with E-state index in [9.17, 15) is 4.79 Å². The zero-order chi connectivity index (χ0) is 13.5. The highest BCUT2D eigenvalue weighted by atomic mass is 16.5. The standard InChI is InChI=1S/C12H26N2O3/c1-12(2,3)17-9-8-14(10-11(15)16)7-6-13(4)5/h6-10H2,1-5H3,(H,15,16). The molecule has 0 aromatic carbocycles. The van der Waals surface area contributed by atoms with Gasteiger partial charge in [0.05, 0.1) is 18.8 Å². The third-order valence-corrected chi connectivity index (χ3v) is 2.16. The predicted molar refractivity (Wildman–Crippen MR) is 68.3 cm³/mol. The Hall–Kier alpha value is -0.650. The van der Waals surface area contributed by atoms with Crippen molar-refractivity contribution in [2.75, 3.05) is 46.9 Å².